The highest BCUT2D eigenvalue weighted by Crippen LogP contribution is 2.19. The van der Waals surface area contributed by atoms with Crippen molar-refractivity contribution in [1.82, 2.24) is 0 Å². The van der Waals surface area contributed by atoms with Gasteiger partial charge in [-0.2, -0.15) is 0 Å². The Bertz CT molecular complexity index is 306. The summed E-state index contributed by atoms with van der Waals surface area (Å²) < 4.78 is 0. The molecule has 0 spiro atoms. The smallest absolute Gasteiger partial charge is 0.0474 e. The molecule has 3 N–H and O–H groups in total. The lowest BCUT2D eigenvalue weighted by molar-refractivity contribution is 0.229. The maximum absolute atomic E-state index is 9.14. The van der Waals surface area contributed by atoms with Gasteiger partial charge in [-0.25, -0.2) is 0 Å². The van der Waals surface area contributed by atoms with Crippen molar-refractivity contribution in [2.75, 3.05) is 13.2 Å². The quantitative estimate of drug-likeness (QED) is 0.789. The summed E-state index contributed by atoms with van der Waals surface area (Å²) in [4.78, 5) is 0. The molecule has 2 nitrogen and oxygen atoms in total. The van der Waals surface area contributed by atoms with E-state index in [0.717, 1.165) is 6.42 Å². The van der Waals surface area contributed by atoms with Crippen LogP contribution in [0.4, 0.5) is 0 Å². The van der Waals surface area contributed by atoms with Gasteiger partial charge in [-0.15, -0.1) is 0 Å². The zero-order valence-corrected chi connectivity index (χ0v) is 9.88. The third-order valence-corrected chi connectivity index (χ3v) is 2.92. The van der Waals surface area contributed by atoms with Gasteiger partial charge in [0.1, 0.15) is 0 Å². The second-order valence-corrected chi connectivity index (χ2v) is 4.37. The van der Waals surface area contributed by atoms with Crippen molar-refractivity contribution >= 4 is 0 Å². The van der Waals surface area contributed by atoms with Crippen LogP contribution in [0.5, 0.6) is 0 Å². The average molecular weight is 207 g/mol. The molecule has 84 valence electrons. The highest BCUT2D eigenvalue weighted by Gasteiger charge is 2.10. The molecule has 1 aromatic carbocycles. The SMILES string of the molecule is Cc1cc(C)c(CC(CN)CO)c(C)c1. The first-order chi connectivity index (χ1) is 7.08. The van der Waals surface area contributed by atoms with Gasteiger partial charge in [0.25, 0.3) is 0 Å². The number of aryl methyl sites for hydroxylation is 3. The number of aliphatic hydroxyl groups is 1. The fourth-order valence-electron chi connectivity index (χ4n) is 2.04. The summed E-state index contributed by atoms with van der Waals surface area (Å²) in [6, 6.07) is 4.38. The van der Waals surface area contributed by atoms with E-state index in [1.807, 2.05) is 0 Å². The predicted molar refractivity (Wildman–Crippen MR) is 64.0 cm³/mol. The molecule has 0 heterocycles. The fourth-order valence-corrected chi connectivity index (χ4v) is 2.04. The van der Waals surface area contributed by atoms with Gasteiger partial charge >= 0.3 is 0 Å². The maximum Gasteiger partial charge on any atom is 0.0474 e. The lowest BCUT2D eigenvalue weighted by Gasteiger charge is -2.16. The minimum Gasteiger partial charge on any atom is -0.396 e. The molecule has 0 bridgehead atoms. The van der Waals surface area contributed by atoms with Crippen molar-refractivity contribution in [2.24, 2.45) is 11.7 Å². The molecule has 0 fully saturated rings. The topological polar surface area (TPSA) is 46.2 Å². The highest BCUT2D eigenvalue weighted by atomic mass is 16.3. The summed E-state index contributed by atoms with van der Waals surface area (Å²) in [7, 11) is 0. The number of hydrogen-bond donors (Lipinski definition) is 2. The van der Waals surface area contributed by atoms with Gasteiger partial charge in [0.2, 0.25) is 0 Å². The van der Waals surface area contributed by atoms with E-state index in [2.05, 4.69) is 32.9 Å². The molecule has 0 amide bonds. The van der Waals surface area contributed by atoms with Crippen molar-refractivity contribution in [3.05, 3.63) is 34.4 Å². The van der Waals surface area contributed by atoms with E-state index in [1.165, 1.54) is 22.3 Å². The van der Waals surface area contributed by atoms with Gasteiger partial charge in [0.15, 0.2) is 0 Å². The van der Waals surface area contributed by atoms with E-state index in [1.54, 1.807) is 0 Å². The molecule has 0 aliphatic rings. The van der Waals surface area contributed by atoms with Crippen LogP contribution in [0.25, 0.3) is 0 Å². The molecule has 0 radical (unpaired) electrons. The summed E-state index contributed by atoms with van der Waals surface area (Å²) in [5.74, 6) is 0.185. The summed E-state index contributed by atoms with van der Waals surface area (Å²) in [6.07, 6.45) is 0.880. The van der Waals surface area contributed by atoms with Crippen LogP contribution in [0.3, 0.4) is 0 Å². The van der Waals surface area contributed by atoms with Crippen molar-refractivity contribution in [3.63, 3.8) is 0 Å². The van der Waals surface area contributed by atoms with Gasteiger partial charge in [-0.3, -0.25) is 0 Å². The van der Waals surface area contributed by atoms with E-state index < -0.39 is 0 Å². The Morgan fingerprint density at radius 3 is 2.13 bits per heavy atom. The normalized spacial score (nSPS) is 12.9. The first kappa shape index (κ1) is 12.2. The van der Waals surface area contributed by atoms with Gasteiger partial charge in [0.05, 0.1) is 0 Å². The second-order valence-electron chi connectivity index (χ2n) is 4.37. The van der Waals surface area contributed by atoms with Crippen molar-refractivity contribution in [3.8, 4) is 0 Å². The Labute approximate surface area is 92.1 Å². The molecule has 15 heavy (non-hydrogen) atoms. The van der Waals surface area contributed by atoms with Crippen LogP contribution in [0.15, 0.2) is 12.1 Å². The Morgan fingerprint density at radius 2 is 1.73 bits per heavy atom. The number of hydrogen-bond acceptors (Lipinski definition) is 2. The zero-order valence-electron chi connectivity index (χ0n) is 9.88. The lowest BCUT2D eigenvalue weighted by Crippen LogP contribution is -2.21. The van der Waals surface area contributed by atoms with E-state index in [4.69, 9.17) is 10.8 Å². The van der Waals surface area contributed by atoms with Crippen LogP contribution < -0.4 is 5.73 Å². The number of benzene rings is 1. The van der Waals surface area contributed by atoms with Gasteiger partial charge in [-0.05, 0) is 56.3 Å². The average Bonchev–Trinajstić information content (AvgIpc) is 2.17. The Morgan fingerprint density at radius 1 is 1.20 bits per heavy atom. The van der Waals surface area contributed by atoms with Crippen LogP contribution >= 0.6 is 0 Å². The fraction of sp³-hybridized carbons (Fsp3) is 0.538. The van der Waals surface area contributed by atoms with Gasteiger partial charge < -0.3 is 10.8 Å². The molecule has 0 aliphatic carbocycles. The zero-order chi connectivity index (χ0) is 11.4. The summed E-state index contributed by atoms with van der Waals surface area (Å²) >= 11 is 0. The molecular weight excluding hydrogens is 186 g/mol. The number of aliphatic hydroxyl groups excluding tert-OH is 1. The Balaban J connectivity index is 2.94. The van der Waals surface area contributed by atoms with E-state index in [0.29, 0.717) is 6.54 Å². The Hall–Kier alpha value is -0.860. The standard InChI is InChI=1S/C13H21NO/c1-9-4-10(2)13(11(3)5-9)6-12(7-14)8-15/h4-5,12,15H,6-8,14H2,1-3H3. The predicted octanol–water partition coefficient (Wildman–Crippen LogP) is 1.72. The van der Waals surface area contributed by atoms with E-state index in [9.17, 15) is 0 Å². The summed E-state index contributed by atoms with van der Waals surface area (Å²) in [5, 5.41) is 9.14. The number of nitrogens with two attached hydrogens (primary N) is 1. The lowest BCUT2D eigenvalue weighted by atomic mass is 9.92. The highest BCUT2D eigenvalue weighted by molar-refractivity contribution is 5.37. The molecule has 0 saturated heterocycles. The molecule has 0 aliphatic heterocycles. The second kappa shape index (κ2) is 5.29. The van der Waals surface area contributed by atoms with Gasteiger partial charge in [-0.1, -0.05) is 17.7 Å². The molecular formula is C13H21NO. The third kappa shape index (κ3) is 3.05. The molecule has 2 heteroatoms. The monoisotopic (exact) mass is 207 g/mol. The van der Waals surface area contributed by atoms with Crippen LogP contribution in [-0.2, 0) is 6.42 Å². The Kier molecular flexibility index (Phi) is 4.30. The first-order valence-electron chi connectivity index (χ1n) is 5.46. The molecule has 0 aromatic heterocycles. The van der Waals surface area contributed by atoms with Crippen LogP contribution in [-0.4, -0.2) is 18.3 Å². The molecule has 0 saturated carbocycles. The van der Waals surface area contributed by atoms with Crippen molar-refractivity contribution in [1.29, 1.82) is 0 Å². The minimum atomic E-state index is 0.170. The number of rotatable bonds is 4. The summed E-state index contributed by atoms with van der Waals surface area (Å²) in [5.41, 5.74) is 10.8. The molecule has 1 rings (SSSR count). The first-order valence-corrected chi connectivity index (χ1v) is 5.46. The maximum atomic E-state index is 9.14. The minimum absolute atomic E-state index is 0.170. The van der Waals surface area contributed by atoms with Crippen LogP contribution in [0.2, 0.25) is 0 Å². The van der Waals surface area contributed by atoms with Crippen molar-refractivity contribution in [2.45, 2.75) is 27.2 Å². The largest absolute Gasteiger partial charge is 0.396 e. The van der Waals surface area contributed by atoms with Crippen LogP contribution in [0, 0.1) is 26.7 Å². The third-order valence-electron chi connectivity index (χ3n) is 2.92. The van der Waals surface area contributed by atoms with E-state index >= 15 is 0 Å². The van der Waals surface area contributed by atoms with E-state index in [-0.39, 0.29) is 12.5 Å². The molecule has 1 unspecified atom stereocenters. The summed E-state index contributed by atoms with van der Waals surface area (Å²) in [6.45, 7) is 7.07. The van der Waals surface area contributed by atoms with Gasteiger partial charge in [0, 0.05) is 6.61 Å². The van der Waals surface area contributed by atoms with Crippen molar-refractivity contribution < 1.29 is 5.11 Å². The molecule has 1 atom stereocenters. The van der Waals surface area contributed by atoms with Crippen LogP contribution in [0.1, 0.15) is 22.3 Å². The molecule has 1 aromatic rings.